The van der Waals surface area contributed by atoms with Gasteiger partial charge < -0.3 is 30.4 Å². The van der Waals surface area contributed by atoms with Crippen molar-refractivity contribution in [3.63, 3.8) is 0 Å². The number of carboxylic acid groups (broad SMARTS) is 1. The Hall–Kier alpha value is -5.46. The molecule has 2 fully saturated rings. The molecule has 1 unspecified atom stereocenters. The number of benzene rings is 2. The minimum atomic E-state index is -0.944. The van der Waals surface area contributed by atoms with Crippen molar-refractivity contribution in [1.82, 2.24) is 29.5 Å². The third-order valence-electron chi connectivity index (χ3n) is 9.48. The van der Waals surface area contributed by atoms with Crippen LogP contribution in [0.25, 0.3) is 10.9 Å². The smallest absolute Gasteiger partial charge is 0.407 e. The maximum absolute atomic E-state index is 13.2. The van der Waals surface area contributed by atoms with Crippen molar-refractivity contribution in [3.05, 3.63) is 84.2 Å². The van der Waals surface area contributed by atoms with Gasteiger partial charge in [-0.1, -0.05) is 45.0 Å². The van der Waals surface area contributed by atoms with E-state index in [1.807, 2.05) is 39.0 Å². The largest absolute Gasteiger partial charge is 0.465 e. The quantitative estimate of drug-likeness (QED) is 0.256. The van der Waals surface area contributed by atoms with E-state index >= 15 is 0 Å². The van der Waals surface area contributed by atoms with Gasteiger partial charge in [-0.2, -0.15) is 5.10 Å². The molecule has 48 heavy (non-hydrogen) atoms. The van der Waals surface area contributed by atoms with Crippen molar-refractivity contribution < 1.29 is 24.3 Å². The molecule has 0 bridgehead atoms. The van der Waals surface area contributed by atoms with Crippen LogP contribution >= 0.6 is 0 Å². The summed E-state index contributed by atoms with van der Waals surface area (Å²) in [5.74, 6) is -0.0268. The number of carbonyl (C=O) groups excluding carboxylic acids is 3. The van der Waals surface area contributed by atoms with Crippen LogP contribution in [0.1, 0.15) is 48.0 Å². The number of nitrogens with zero attached hydrogens (tertiary/aromatic N) is 6. The molecule has 4 heterocycles. The molecule has 2 saturated heterocycles. The maximum atomic E-state index is 13.2. The van der Waals surface area contributed by atoms with Gasteiger partial charge in [-0.3, -0.25) is 19.1 Å². The first-order chi connectivity index (χ1) is 22.9. The monoisotopic (exact) mass is 652 g/mol. The van der Waals surface area contributed by atoms with Gasteiger partial charge >= 0.3 is 6.09 Å². The number of pyridine rings is 1. The average Bonchev–Trinajstić information content (AvgIpc) is 3.45. The van der Waals surface area contributed by atoms with Gasteiger partial charge in [-0.15, -0.1) is 0 Å². The number of anilines is 2. The number of nitrogens with one attached hydrogen (secondary N) is 2. The second-order valence-corrected chi connectivity index (χ2v) is 13.3. The van der Waals surface area contributed by atoms with Crippen LogP contribution in [0.3, 0.4) is 0 Å². The molecular weight excluding hydrogens is 612 g/mol. The highest BCUT2D eigenvalue weighted by Gasteiger charge is 2.55. The summed E-state index contributed by atoms with van der Waals surface area (Å²) in [7, 11) is 0. The molecule has 0 saturated carbocycles. The summed E-state index contributed by atoms with van der Waals surface area (Å²) < 4.78 is 1.59. The van der Waals surface area contributed by atoms with Crippen molar-refractivity contribution in [2.24, 2.45) is 5.41 Å². The van der Waals surface area contributed by atoms with Crippen molar-refractivity contribution in [3.8, 4) is 0 Å². The lowest BCUT2D eigenvalue weighted by atomic mass is 9.65. The third-order valence-corrected chi connectivity index (χ3v) is 9.48. The predicted octanol–water partition coefficient (Wildman–Crippen LogP) is 4.25. The summed E-state index contributed by atoms with van der Waals surface area (Å²) in [4.78, 5) is 60.3. The minimum absolute atomic E-state index is 0.0314. The van der Waals surface area contributed by atoms with Crippen LogP contribution in [0.2, 0.25) is 0 Å². The lowest BCUT2D eigenvalue weighted by molar-refractivity contribution is -0.133. The normalized spacial score (nSPS) is 17.9. The summed E-state index contributed by atoms with van der Waals surface area (Å²) in [6.45, 7) is 8.85. The number of hydrogen-bond donors (Lipinski definition) is 3. The van der Waals surface area contributed by atoms with Crippen LogP contribution in [-0.2, 0) is 11.3 Å². The van der Waals surface area contributed by atoms with Crippen molar-refractivity contribution in [1.29, 1.82) is 0 Å². The number of piperazine rings is 1. The van der Waals surface area contributed by atoms with E-state index in [4.69, 9.17) is 0 Å². The van der Waals surface area contributed by atoms with E-state index in [1.54, 1.807) is 69.2 Å². The first-order valence-electron chi connectivity index (χ1n) is 16.1. The summed E-state index contributed by atoms with van der Waals surface area (Å²) in [6.07, 6.45) is 1.56. The number of aromatic nitrogens is 3. The molecule has 250 valence electrons. The fourth-order valence-corrected chi connectivity index (χ4v) is 6.49. The average molecular weight is 653 g/mol. The molecular formula is C35H40N8O5. The topological polar surface area (TPSA) is 153 Å². The lowest BCUT2D eigenvalue weighted by Crippen LogP contribution is -2.71. The molecule has 2 aromatic heterocycles. The number of fused-ring (bicyclic) bond motifs is 1. The van der Waals surface area contributed by atoms with Crippen LogP contribution in [-0.4, -0.2) is 103 Å². The van der Waals surface area contributed by atoms with Crippen LogP contribution in [0.4, 0.5) is 16.3 Å². The standard InChI is InChI=1S/C35H40N8O5/c1-34(2,3)35(14-15-43(35)33(47)48)23-36-29-11-7-10-28(38-29)31(45)37-26-12-13-27-25(20-26)21-42(39-27)22-30(44)40-16-18-41(19-17-40)32(46)24-8-5-4-6-9-24/h4-13,20-21H,14-19,22-23H2,1-3H3,(H,36,38)(H,37,45)(H,47,48). The number of hydrogen-bond acceptors (Lipinski definition) is 7. The lowest BCUT2D eigenvalue weighted by Gasteiger charge is -2.58. The Morgan fingerprint density at radius 3 is 2.29 bits per heavy atom. The van der Waals surface area contributed by atoms with Gasteiger partial charge in [0.2, 0.25) is 5.91 Å². The summed E-state index contributed by atoms with van der Waals surface area (Å²) in [5, 5.41) is 21.1. The van der Waals surface area contributed by atoms with E-state index in [9.17, 15) is 24.3 Å². The van der Waals surface area contributed by atoms with Gasteiger partial charge in [0.15, 0.2) is 0 Å². The van der Waals surface area contributed by atoms with E-state index in [2.05, 4.69) is 20.7 Å². The molecule has 13 heteroatoms. The fraction of sp³-hybridized carbons (Fsp3) is 0.371. The van der Waals surface area contributed by atoms with Crippen LogP contribution in [0.5, 0.6) is 0 Å². The van der Waals surface area contributed by atoms with Crippen molar-refractivity contribution >= 4 is 46.2 Å². The van der Waals surface area contributed by atoms with Crippen LogP contribution in [0.15, 0.2) is 72.9 Å². The van der Waals surface area contributed by atoms with Crippen molar-refractivity contribution in [2.45, 2.75) is 39.3 Å². The molecule has 0 spiro atoms. The third kappa shape index (κ3) is 6.53. The molecule has 2 aliphatic rings. The fourth-order valence-electron chi connectivity index (χ4n) is 6.49. The molecule has 4 amide bonds. The van der Waals surface area contributed by atoms with E-state index in [1.165, 1.54) is 4.90 Å². The maximum Gasteiger partial charge on any atom is 0.407 e. The van der Waals surface area contributed by atoms with Gasteiger partial charge in [0.25, 0.3) is 11.8 Å². The highest BCUT2D eigenvalue weighted by Crippen LogP contribution is 2.45. The van der Waals surface area contributed by atoms with Gasteiger partial charge in [0.05, 0.1) is 11.1 Å². The Labute approximate surface area is 278 Å². The summed E-state index contributed by atoms with van der Waals surface area (Å²) in [6, 6.07) is 19.6. The Kier molecular flexibility index (Phi) is 8.78. The first kappa shape index (κ1) is 32.5. The molecule has 4 aromatic rings. The molecule has 2 aliphatic heterocycles. The SMILES string of the molecule is CC(C)(C)C1(CNc2cccc(C(=O)Nc3ccc4nn(CC(=O)N5CCN(C(=O)c6ccccc6)CC5)cc4c3)n2)CCN1C(=O)O. The first-order valence-corrected chi connectivity index (χ1v) is 16.1. The zero-order valence-electron chi connectivity index (χ0n) is 27.3. The predicted molar refractivity (Wildman–Crippen MR) is 181 cm³/mol. The van der Waals surface area contributed by atoms with E-state index in [0.29, 0.717) is 61.9 Å². The molecule has 3 N–H and O–H groups in total. The number of likely N-dealkylation sites (tertiary alicyclic amines) is 1. The van der Waals surface area contributed by atoms with Gasteiger partial charge in [0, 0.05) is 62.1 Å². The van der Waals surface area contributed by atoms with Gasteiger partial charge in [-0.25, -0.2) is 9.78 Å². The van der Waals surface area contributed by atoms with Crippen LogP contribution in [0, 0.1) is 5.41 Å². The number of carbonyl (C=O) groups is 4. The Morgan fingerprint density at radius 1 is 0.896 bits per heavy atom. The Bertz CT molecular complexity index is 1840. The number of amides is 4. The second-order valence-electron chi connectivity index (χ2n) is 13.3. The second kappa shape index (κ2) is 13.0. The molecule has 6 rings (SSSR count). The zero-order chi connectivity index (χ0) is 34.1. The van der Waals surface area contributed by atoms with E-state index in [0.717, 1.165) is 11.8 Å². The molecule has 1 atom stereocenters. The molecule has 0 radical (unpaired) electrons. The highest BCUT2D eigenvalue weighted by molar-refractivity contribution is 6.04. The summed E-state index contributed by atoms with van der Waals surface area (Å²) in [5.41, 5.74) is 1.20. The molecule has 13 nitrogen and oxygen atoms in total. The summed E-state index contributed by atoms with van der Waals surface area (Å²) >= 11 is 0. The molecule has 2 aromatic carbocycles. The van der Waals surface area contributed by atoms with Gasteiger partial charge in [0.1, 0.15) is 18.1 Å². The zero-order valence-corrected chi connectivity index (χ0v) is 27.3. The Balaban J connectivity index is 1.04. The van der Waals surface area contributed by atoms with Crippen molar-refractivity contribution in [2.75, 3.05) is 49.9 Å². The Morgan fingerprint density at radius 2 is 1.62 bits per heavy atom. The highest BCUT2D eigenvalue weighted by atomic mass is 16.4. The van der Waals surface area contributed by atoms with Crippen LogP contribution < -0.4 is 10.6 Å². The van der Waals surface area contributed by atoms with Gasteiger partial charge in [-0.05, 0) is 54.3 Å². The minimum Gasteiger partial charge on any atom is -0.465 e. The number of rotatable bonds is 8. The van der Waals surface area contributed by atoms with E-state index in [-0.39, 0.29) is 29.5 Å². The van der Waals surface area contributed by atoms with E-state index < -0.39 is 17.5 Å². The molecule has 0 aliphatic carbocycles.